The predicted molar refractivity (Wildman–Crippen MR) is 67.4 cm³/mol. The minimum absolute atomic E-state index is 0.287. The largest absolute Gasteiger partial charge is 0.391 e. The molecule has 96 valence electrons. The van der Waals surface area contributed by atoms with Gasteiger partial charge in [0.05, 0.1) is 18.8 Å². The number of hydrogen-bond donors (Lipinski definition) is 1. The molecule has 1 saturated carbocycles. The van der Waals surface area contributed by atoms with Crippen molar-refractivity contribution in [1.29, 1.82) is 0 Å². The molecule has 1 aliphatic rings. The Kier molecular flexibility index (Phi) is 5.77. The fourth-order valence-electron chi connectivity index (χ4n) is 2.66. The van der Waals surface area contributed by atoms with E-state index in [-0.39, 0.29) is 6.10 Å². The molecule has 4 unspecified atom stereocenters. The molecule has 0 radical (unpaired) electrons. The fraction of sp³-hybridized carbons (Fsp3) is 1.00. The highest BCUT2D eigenvalue weighted by atomic mass is 16.5. The van der Waals surface area contributed by atoms with Crippen molar-refractivity contribution in [3.8, 4) is 0 Å². The lowest BCUT2D eigenvalue weighted by Gasteiger charge is -2.37. The van der Waals surface area contributed by atoms with Crippen molar-refractivity contribution in [2.75, 3.05) is 6.61 Å². The van der Waals surface area contributed by atoms with Crippen molar-refractivity contribution in [3.05, 3.63) is 0 Å². The summed E-state index contributed by atoms with van der Waals surface area (Å²) in [5.74, 6) is 2.15. The van der Waals surface area contributed by atoms with Crippen LogP contribution in [0.1, 0.15) is 53.4 Å². The third-order valence-corrected chi connectivity index (χ3v) is 3.94. The molecule has 2 heteroatoms. The molecule has 0 saturated heterocycles. The minimum Gasteiger partial charge on any atom is -0.391 e. The van der Waals surface area contributed by atoms with E-state index in [1.54, 1.807) is 0 Å². The molecular formula is C14H28O2. The van der Waals surface area contributed by atoms with Crippen molar-refractivity contribution >= 4 is 0 Å². The number of aliphatic hydroxyl groups excluding tert-OH is 1. The SMILES string of the molecule is CCC(O)COC1CC(C)CCC1C(C)C. The summed E-state index contributed by atoms with van der Waals surface area (Å²) in [7, 11) is 0. The lowest BCUT2D eigenvalue weighted by Crippen LogP contribution is -2.36. The molecule has 0 amide bonds. The molecule has 0 aromatic heterocycles. The molecule has 0 spiro atoms. The lowest BCUT2D eigenvalue weighted by atomic mass is 9.75. The maximum Gasteiger partial charge on any atom is 0.0771 e. The maximum absolute atomic E-state index is 9.55. The Balaban J connectivity index is 2.44. The number of rotatable bonds is 5. The van der Waals surface area contributed by atoms with Crippen molar-refractivity contribution in [1.82, 2.24) is 0 Å². The van der Waals surface area contributed by atoms with Crippen LogP contribution in [-0.4, -0.2) is 23.9 Å². The van der Waals surface area contributed by atoms with Crippen LogP contribution in [0.15, 0.2) is 0 Å². The Morgan fingerprint density at radius 1 is 1.31 bits per heavy atom. The molecule has 1 N–H and O–H groups in total. The van der Waals surface area contributed by atoms with E-state index in [9.17, 15) is 5.11 Å². The van der Waals surface area contributed by atoms with E-state index in [4.69, 9.17) is 4.74 Å². The zero-order chi connectivity index (χ0) is 12.1. The quantitative estimate of drug-likeness (QED) is 0.783. The van der Waals surface area contributed by atoms with Gasteiger partial charge in [-0.05, 0) is 37.0 Å². The van der Waals surface area contributed by atoms with Crippen LogP contribution in [0.3, 0.4) is 0 Å². The van der Waals surface area contributed by atoms with Gasteiger partial charge in [-0.2, -0.15) is 0 Å². The van der Waals surface area contributed by atoms with Crippen LogP contribution in [0.2, 0.25) is 0 Å². The van der Waals surface area contributed by atoms with Crippen molar-refractivity contribution in [2.45, 2.75) is 65.6 Å². The zero-order valence-corrected chi connectivity index (χ0v) is 11.3. The summed E-state index contributed by atoms with van der Waals surface area (Å²) in [6, 6.07) is 0. The standard InChI is InChI=1S/C14H28O2/c1-5-12(15)9-16-14-8-11(4)6-7-13(14)10(2)3/h10-15H,5-9H2,1-4H3. The highest BCUT2D eigenvalue weighted by Gasteiger charge is 2.31. The zero-order valence-electron chi connectivity index (χ0n) is 11.3. The van der Waals surface area contributed by atoms with Gasteiger partial charge >= 0.3 is 0 Å². The van der Waals surface area contributed by atoms with E-state index in [1.807, 2.05) is 6.92 Å². The number of aliphatic hydroxyl groups is 1. The van der Waals surface area contributed by atoms with Crippen LogP contribution in [0.25, 0.3) is 0 Å². The van der Waals surface area contributed by atoms with E-state index in [0.29, 0.717) is 24.5 Å². The van der Waals surface area contributed by atoms with Crippen LogP contribution >= 0.6 is 0 Å². The molecule has 1 aliphatic carbocycles. The van der Waals surface area contributed by atoms with Gasteiger partial charge in [-0.15, -0.1) is 0 Å². The van der Waals surface area contributed by atoms with Crippen LogP contribution in [0.4, 0.5) is 0 Å². The van der Waals surface area contributed by atoms with Gasteiger partial charge in [0.2, 0.25) is 0 Å². The van der Waals surface area contributed by atoms with Crippen LogP contribution in [0.5, 0.6) is 0 Å². The van der Waals surface area contributed by atoms with Crippen LogP contribution < -0.4 is 0 Å². The van der Waals surface area contributed by atoms with Crippen molar-refractivity contribution in [3.63, 3.8) is 0 Å². The molecule has 1 rings (SSSR count). The van der Waals surface area contributed by atoms with Gasteiger partial charge < -0.3 is 9.84 Å². The predicted octanol–water partition coefficient (Wildman–Crippen LogP) is 3.23. The normalized spacial score (nSPS) is 33.0. The number of ether oxygens (including phenoxy) is 1. The second-order valence-corrected chi connectivity index (χ2v) is 5.76. The first-order valence-electron chi connectivity index (χ1n) is 6.84. The average molecular weight is 228 g/mol. The van der Waals surface area contributed by atoms with E-state index >= 15 is 0 Å². The Hall–Kier alpha value is -0.0800. The third kappa shape index (κ3) is 4.06. The van der Waals surface area contributed by atoms with E-state index in [1.165, 1.54) is 19.3 Å². The number of hydrogen-bond acceptors (Lipinski definition) is 2. The van der Waals surface area contributed by atoms with Crippen LogP contribution in [0, 0.1) is 17.8 Å². The summed E-state index contributed by atoms with van der Waals surface area (Å²) >= 11 is 0. The first-order valence-corrected chi connectivity index (χ1v) is 6.84. The van der Waals surface area contributed by atoms with Crippen molar-refractivity contribution < 1.29 is 9.84 Å². The first-order chi connectivity index (χ1) is 7.54. The van der Waals surface area contributed by atoms with E-state index in [2.05, 4.69) is 20.8 Å². The molecular weight excluding hydrogens is 200 g/mol. The third-order valence-electron chi connectivity index (χ3n) is 3.94. The molecule has 0 aromatic carbocycles. The molecule has 0 heterocycles. The fourth-order valence-corrected chi connectivity index (χ4v) is 2.66. The summed E-state index contributed by atoms with van der Waals surface area (Å²) in [4.78, 5) is 0. The highest BCUT2D eigenvalue weighted by molar-refractivity contribution is 4.81. The molecule has 1 fully saturated rings. The van der Waals surface area contributed by atoms with Gasteiger partial charge in [0.1, 0.15) is 0 Å². The van der Waals surface area contributed by atoms with Gasteiger partial charge in [0.15, 0.2) is 0 Å². The Bertz CT molecular complexity index is 191. The molecule has 2 nitrogen and oxygen atoms in total. The Morgan fingerprint density at radius 2 is 2.00 bits per heavy atom. The second-order valence-electron chi connectivity index (χ2n) is 5.76. The lowest BCUT2D eigenvalue weighted by molar-refractivity contribution is -0.0693. The Morgan fingerprint density at radius 3 is 2.56 bits per heavy atom. The molecule has 0 aromatic rings. The topological polar surface area (TPSA) is 29.5 Å². The summed E-state index contributed by atoms with van der Waals surface area (Å²) in [5, 5.41) is 9.55. The smallest absolute Gasteiger partial charge is 0.0771 e. The minimum atomic E-state index is -0.287. The molecule has 16 heavy (non-hydrogen) atoms. The summed E-state index contributed by atoms with van der Waals surface area (Å²) in [6.45, 7) is 9.39. The van der Waals surface area contributed by atoms with Crippen molar-refractivity contribution in [2.24, 2.45) is 17.8 Å². The van der Waals surface area contributed by atoms with Gasteiger partial charge in [-0.25, -0.2) is 0 Å². The molecule has 0 bridgehead atoms. The van der Waals surface area contributed by atoms with Crippen LogP contribution in [-0.2, 0) is 4.74 Å². The summed E-state index contributed by atoms with van der Waals surface area (Å²) in [5.41, 5.74) is 0. The maximum atomic E-state index is 9.55. The molecule has 0 aliphatic heterocycles. The second kappa shape index (κ2) is 6.61. The average Bonchev–Trinajstić information content (AvgIpc) is 2.25. The summed E-state index contributed by atoms with van der Waals surface area (Å²) in [6.07, 6.45) is 4.65. The monoisotopic (exact) mass is 228 g/mol. The van der Waals surface area contributed by atoms with Gasteiger partial charge in [-0.1, -0.05) is 34.1 Å². The highest BCUT2D eigenvalue weighted by Crippen LogP contribution is 2.35. The van der Waals surface area contributed by atoms with Gasteiger partial charge in [0.25, 0.3) is 0 Å². The van der Waals surface area contributed by atoms with E-state index in [0.717, 1.165) is 12.3 Å². The summed E-state index contributed by atoms with van der Waals surface area (Å²) < 4.78 is 5.93. The van der Waals surface area contributed by atoms with Gasteiger partial charge in [0, 0.05) is 0 Å². The van der Waals surface area contributed by atoms with E-state index < -0.39 is 0 Å². The molecule has 4 atom stereocenters. The Labute approximate surface area is 100 Å². The first kappa shape index (κ1) is 14.0. The van der Waals surface area contributed by atoms with Gasteiger partial charge in [-0.3, -0.25) is 0 Å².